The van der Waals surface area contributed by atoms with Gasteiger partial charge in [0.1, 0.15) is 5.69 Å². The van der Waals surface area contributed by atoms with E-state index in [1.54, 1.807) is 35.0 Å². The van der Waals surface area contributed by atoms with E-state index in [0.717, 1.165) is 14.9 Å². The lowest BCUT2D eigenvalue weighted by Crippen LogP contribution is -2.17. The van der Waals surface area contributed by atoms with Gasteiger partial charge in [-0.1, -0.05) is 6.07 Å². The molecule has 0 atom stereocenters. The van der Waals surface area contributed by atoms with E-state index in [1.165, 1.54) is 0 Å². The topological polar surface area (TPSA) is 83.2 Å². The van der Waals surface area contributed by atoms with Crippen molar-refractivity contribution in [2.24, 2.45) is 7.05 Å². The molecule has 0 unspecified atom stereocenters. The molecular weight excluding hydrogens is 473 g/mol. The number of anilines is 1. The Morgan fingerprint density at radius 2 is 1.89 bits per heavy atom. The zero-order valence-corrected chi connectivity index (χ0v) is 18.1. The molecular formula is C19H22IN5O3. The maximum Gasteiger partial charge on any atom is 0.275 e. The Morgan fingerprint density at radius 3 is 2.57 bits per heavy atom. The molecule has 1 amide bonds. The van der Waals surface area contributed by atoms with E-state index >= 15 is 0 Å². The summed E-state index contributed by atoms with van der Waals surface area (Å²) in [6.45, 7) is 5.57. The smallest absolute Gasteiger partial charge is 0.275 e. The van der Waals surface area contributed by atoms with Gasteiger partial charge in [0.25, 0.3) is 5.91 Å². The van der Waals surface area contributed by atoms with Crippen molar-refractivity contribution in [1.29, 1.82) is 0 Å². The molecule has 0 spiro atoms. The summed E-state index contributed by atoms with van der Waals surface area (Å²) in [5, 5.41) is 11.3. The highest BCUT2D eigenvalue weighted by Gasteiger charge is 2.16. The molecule has 3 aromatic rings. The van der Waals surface area contributed by atoms with Crippen LogP contribution in [0, 0.1) is 3.57 Å². The number of hydrogen-bond donors (Lipinski definition) is 1. The molecule has 0 aliphatic carbocycles. The van der Waals surface area contributed by atoms with Crippen LogP contribution in [0.15, 0.2) is 36.8 Å². The Hall–Kier alpha value is -2.56. The van der Waals surface area contributed by atoms with E-state index in [0.29, 0.717) is 36.9 Å². The molecule has 3 rings (SSSR count). The second kappa shape index (κ2) is 9.09. The van der Waals surface area contributed by atoms with Crippen LogP contribution >= 0.6 is 22.6 Å². The minimum atomic E-state index is -0.219. The predicted octanol–water partition coefficient (Wildman–Crippen LogP) is 3.32. The van der Waals surface area contributed by atoms with Crippen molar-refractivity contribution < 1.29 is 14.3 Å². The largest absolute Gasteiger partial charge is 0.490 e. The summed E-state index contributed by atoms with van der Waals surface area (Å²) in [5.74, 6) is 1.23. The maximum absolute atomic E-state index is 12.5. The summed E-state index contributed by atoms with van der Waals surface area (Å²) in [7, 11) is 1.74. The molecule has 9 heteroatoms. The highest BCUT2D eigenvalue weighted by molar-refractivity contribution is 14.1. The average Bonchev–Trinajstić information content (AvgIpc) is 3.23. The van der Waals surface area contributed by atoms with Crippen LogP contribution in [-0.4, -0.2) is 38.7 Å². The number of nitrogens with one attached hydrogen (secondary N) is 1. The Morgan fingerprint density at radius 1 is 1.14 bits per heavy atom. The number of carbonyl (C=O) groups excluding carboxylic acids is 1. The summed E-state index contributed by atoms with van der Waals surface area (Å²) in [4.78, 5) is 12.5. The van der Waals surface area contributed by atoms with Crippen LogP contribution in [0.2, 0.25) is 0 Å². The monoisotopic (exact) mass is 495 g/mol. The normalized spacial score (nSPS) is 10.7. The van der Waals surface area contributed by atoms with E-state index < -0.39 is 0 Å². The van der Waals surface area contributed by atoms with Gasteiger partial charge in [0, 0.05) is 13.2 Å². The first-order valence-corrected chi connectivity index (χ1v) is 9.99. The van der Waals surface area contributed by atoms with Gasteiger partial charge in [-0.15, -0.1) is 0 Å². The molecule has 0 fully saturated rings. The Balaban J connectivity index is 1.71. The number of aryl methyl sites for hydroxylation is 1. The Labute approximate surface area is 177 Å². The number of halogens is 1. The number of aromatic nitrogens is 4. The van der Waals surface area contributed by atoms with Gasteiger partial charge in [0.05, 0.1) is 41.4 Å². The molecule has 0 radical (unpaired) electrons. The third-order valence-corrected chi connectivity index (χ3v) is 4.74. The zero-order valence-electron chi connectivity index (χ0n) is 16.0. The van der Waals surface area contributed by atoms with Crippen molar-refractivity contribution in [3.05, 3.63) is 51.6 Å². The Kier molecular flexibility index (Phi) is 6.55. The maximum atomic E-state index is 12.5. The lowest BCUT2D eigenvalue weighted by atomic mass is 10.2. The van der Waals surface area contributed by atoms with Crippen LogP contribution < -0.4 is 14.8 Å². The molecule has 0 aliphatic rings. The first kappa shape index (κ1) is 20.2. The summed E-state index contributed by atoms with van der Waals surface area (Å²) in [6, 6.07) is 5.83. The number of ether oxygens (including phenoxy) is 2. The molecule has 28 heavy (non-hydrogen) atoms. The number of carbonyl (C=O) groups is 1. The summed E-state index contributed by atoms with van der Waals surface area (Å²) >= 11 is 2.09. The van der Waals surface area contributed by atoms with Crippen molar-refractivity contribution in [3.63, 3.8) is 0 Å². The number of amides is 1. The second-order valence-corrected chi connectivity index (χ2v) is 7.15. The van der Waals surface area contributed by atoms with Gasteiger partial charge < -0.3 is 14.8 Å². The minimum absolute atomic E-state index is 0.219. The average molecular weight is 495 g/mol. The van der Waals surface area contributed by atoms with Crippen molar-refractivity contribution in [1.82, 2.24) is 19.6 Å². The third kappa shape index (κ3) is 4.64. The van der Waals surface area contributed by atoms with E-state index in [-0.39, 0.29) is 5.91 Å². The van der Waals surface area contributed by atoms with Gasteiger partial charge in [-0.05, 0) is 54.1 Å². The molecule has 1 aromatic carbocycles. The second-order valence-electron chi connectivity index (χ2n) is 5.99. The Bertz CT molecular complexity index is 947. The molecule has 8 nitrogen and oxygen atoms in total. The van der Waals surface area contributed by atoms with Crippen molar-refractivity contribution in [2.45, 2.75) is 20.4 Å². The first-order valence-electron chi connectivity index (χ1n) is 8.91. The molecule has 1 N–H and O–H groups in total. The van der Waals surface area contributed by atoms with E-state index in [2.05, 4.69) is 38.1 Å². The highest BCUT2D eigenvalue weighted by Crippen LogP contribution is 2.29. The van der Waals surface area contributed by atoms with Crippen molar-refractivity contribution >= 4 is 34.2 Å². The van der Waals surface area contributed by atoms with Crippen molar-refractivity contribution in [3.8, 4) is 11.5 Å². The van der Waals surface area contributed by atoms with Crippen molar-refractivity contribution in [2.75, 3.05) is 18.5 Å². The van der Waals surface area contributed by atoms with Crippen LogP contribution in [0.5, 0.6) is 11.5 Å². The summed E-state index contributed by atoms with van der Waals surface area (Å²) in [6.07, 6.45) is 5.07. The van der Waals surface area contributed by atoms with Gasteiger partial charge in [0.15, 0.2) is 11.5 Å². The fraction of sp³-hybridized carbons (Fsp3) is 0.316. The fourth-order valence-electron chi connectivity index (χ4n) is 2.75. The number of rotatable bonds is 8. The predicted molar refractivity (Wildman–Crippen MR) is 114 cm³/mol. The van der Waals surface area contributed by atoms with Gasteiger partial charge >= 0.3 is 0 Å². The molecule has 148 valence electrons. The lowest BCUT2D eigenvalue weighted by Gasteiger charge is -2.12. The zero-order chi connectivity index (χ0) is 20.1. The molecule has 2 aromatic heterocycles. The first-order chi connectivity index (χ1) is 13.5. The molecule has 0 saturated heterocycles. The van der Waals surface area contributed by atoms with E-state index in [1.807, 2.05) is 32.0 Å². The van der Waals surface area contributed by atoms with Gasteiger partial charge in [-0.25, -0.2) is 0 Å². The fourth-order valence-corrected chi connectivity index (χ4v) is 3.47. The van der Waals surface area contributed by atoms with Crippen LogP contribution in [0.25, 0.3) is 0 Å². The highest BCUT2D eigenvalue weighted by atomic mass is 127. The van der Waals surface area contributed by atoms with Gasteiger partial charge in [-0.3, -0.25) is 14.2 Å². The van der Waals surface area contributed by atoms with E-state index in [9.17, 15) is 4.79 Å². The number of nitrogens with zero attached hydrogens (tertiary/aromatic N) is 4. The molecule has 0 saturated carbocycles. The summed E-state index contributed by atoms with van der Waals surface area (Å²) < 4.78 is 15.4. The quantitative estimate of drug-likeness (QED) is 0.485. The lowest BCUT2D eigenvalue weighted by molar-refractivity contribution is 0.101. The van der Waals surface area contributed by atoms with Gasteiger partial charge in [0.2, 0.25) is 0 Å². The minimum Gasteiger partial charge on any atom is -0.490 e. The molecule has 2 heterocycles. The number of benzene rings is 1. The molecule has 0 bridgehead atoms. The van der Waals surface area contributed by atoms with Crippen LogP contribution in [-0.2, 0) is 13.6 Å². The third-order valence-electron chi connectivity index (χ3n) is 3.95. The van der Waals surface area contributed by atoms with Crippen LogP contribution in [0.1, 0.15) is 29.9 Å². The summed E-state index contributed by atoms with van der Waals surface area (Å²) in [5.41, 5.74) is 2.16. The SMILES string of the molecule is CCOc1ccc(Cn2cc(NC(=O)c3c(I)cnn3C)cn2)cc1OCC. The van der Waals surface area contributed by atoms with Crippen LogP contribution in [0.4, 0.5) is 5.69 Å². The standard InChI is InChI=1S/C19H22IN5O3/c1-4-27-16-7-6-13(8-17(16)28-5-2)11-25-12-14(9-22-25)23-19(26)18-15(20)10-21-24(18)3/h6-10,12H,4-5,11H2,1-3H3,(H,23,26). The van der Waals surface area contributed by atoms with Crippen LogP contribution in [0.3, 0.4) is 0 Å². The number of hydrogen-bond acceptors (Lipinski definition) is 5. The van der Waals surface area contributed by atoms with E-state index in [4.69, 9.17) is 9.47 Å². The molecule has 0 aliphatic heterocycles. The van der Waals surface area contributed by atoms with Gasteiger partial charge in [-0.2, -0.15) is 10.2 Å².